The molecule has 26 heavy (non-hydrogen) atoms. The summed E-state index contributed by atoms with van der Waals surface area (Å²) in [5, 5.41) is 0. The van der Waals surface area contributed by atoms with Gasteiger partial charge in [-0.2, -0.15) is 0 Å². The summed E-state index contributed by atoms with van der Waals surface area (Å²) in [4.78, 5) is 16.4. The zero-order chi connectivity index (χ0) is 18.5. The van der Waals surface area contributed by atoms with E-state index in [2.05, 4.69) is 0 Å². The number of halogens is 1. The van der Waals surface area contributed by atoms with Gasteiger partial charge in [0.25, 0.3) is 0 Å². The van der Waals surface area contributed by atoms with Crippen molar-refractivity contribution >= 4 is 29.0 Å². The summed E-state index contributed by atoms with van der Waals surface area (Å²) in [6.07, 6.45) is 2.00. The molecule has 2 nitrogen and oxygen atoms in total. The van der Waals surface area contributed by atoms with Gasteiger partial charge in [0.1, 0.15) is 5.82 Å². The molecule has 0 unspecified atom stereocenters. The third kappa shape index (κ3) is 4.46. The summed E-state index contributed by atoms with van der Waals surface area (Å²) >= 11 is 1.66. The summed E-state index contributed by atoms with van der Waals surface area (Å²) in [7, 11) is 0. The molecule has 1 aromatic heterocycles. The highest BCUT2D eigenvalue weighted by Gasteiger charge is 2.17. The van der Waals surface area contributed by atoms with Gasteiger partial charge < -0.3 is 4.90 Å². The average Bonchev–Trinajstić information content (AvgIpc) is 3.04. The van der Waals surface area contributed by atoms with Gasteiger partial charge in [0.05, 0.1) is 12.2 Å². The summed E-state index contributed by atoms with van der Waals surface area (Å²) in [5.74, 6) is -0.352. The molecular weight excluding hydrogens is 345 g/mol. The summed E-state index contributed by atoms with van der Waals surface area (Å²) in [6.45, 7) is 4.07. The largest absolute Gasteiger partial charge is 0.308 e. The van der Waals surface area contributed by atoms with Crippen molar-refractivity contribution in [2.24, 2.45) is 0 Å². The summed E-state index contributed by atoms with van der Waals surface area (Å²) in [6, 6.07) is 20.2. The first-order valence-corrected chi connectivity index (χ1v) is 9.20. The number of carbonyl (C=O) groups is 1. The first-order chi connectivity index (χ1) is 12.5. The monoisotopic (exact) mass is 365 g/mol. The van der Waals surface area contributed by atoms with E-state index < -0.39 is 0 Å². The predicted molar refractivity (Wildman–Crippen MR) is 106 cm³/mol. The first-order valence-electron chi connectivity index (χ1n) is 8.39. The van der Waals surface area contributed by atoms with Gasteiger partial charge in [-0.15, -0.1) is 11.3 Å². The minimum absolute atomic E-state index is 0.0577. The Balaban J connectivity index is 2.05. The molecule has 1 heterocycles. The molecule has 0 saturated heterocycles. The quantitative estimate of drug-likeness (QED) is 0.564. The van der Waals surface area contributed by atoms with Gasteiger partial charge in [0, 0.05) is 16.7 Å². The van der Waals surface area contributed by atoms with Crippen LogP contribution in [0.5, 0.6) is 0 Å². The van der Waals surface area contributed by atoms with Gasteiger partial charge in [0.2, 0.25) is 5.91 Å². The number of amides is 1. The Hall–Kier alpha value is -2.72. The van der Waals surface area contributed by atoms with Crippen molar-refractivity contribution in [2.45, 2.75) is 20.4 Å². The summed E-state index contributed by atoms with van der Waals surface area (Å²) in [5.41, 5.74) is 2.62. The van der Waals surface area contributed by atoms with Crippen LogP contribution in [0.4, 0.5) is 4.39 Å². The molecule has 0 spiro atoms. The van der Waals surface area contributed by atoms with E-state index in [-0.39, 0.29) is 11.7 Å². The van der Waals surface area contributed by atoms with Crippen LogP contribution in [0, 0.1) is 12.7 Å². The molecule has 4 heteroatoms. The van der Waals surface area contributed by atoms with Gasteiger partial charge in [-0.3, -0.25) is 4.79 Å². The minimum atomic E-state index is -0.294. The Morgan fingerprint density at radius 1 is 1.04 bits per heavy atom. The second kappa shape index (κ2) is 8.11. The van der Waals surface area contributed by atoms with Crippen LogP contribution in [-0.2, 0) is 11.3 Å². The second-order valence-electron chi connectivity index (χ2n) is 6.08. The van der Waals surface area contributed by atoms with Gasteiger partial charge in [-0.25, -0.2) is 4.39 Å². The number of rotatable bonds is 5. The number of thiophene rings is 1. The molecule has 0 aliphatic rings. The highest BCUT2D eigenvalue weighted by molar-refractivity contribution is 7.12. The smallest absolute Gasteiger partial charge is 0.224 e. The SMILES string of the molecule is CC(=O)N(Cc1ccccc1)/C(=C\c1ccc(C)s1)c1ccc(F)cc1. The lowest BCUT2D eigenvalue weighted by atomic mass is 10.1. The molecule has 0 saturated carbocycles. The molecular formula is C22H20FNOS. The van der Waals surface area contributed by atoms with Crippen LogP contribution in [0.15, 0.2) is 66.7 Å². The Morgan fingerprint density at radius 2 is 1.73 bits per heavy atom. The lowest BCUT2D eigenvalue weighted by molar-refractivity contribution is -0.126. The number of aryl methyl sites for hydroxylation is 1. The van der Waals surface area contributed by atoms with E-state index in [9.17, 15) is 9.18 Å². The van der Waals surface area contributed by atoms with E-state index in [1.807, 2.05) is 55.5 Å². The molecule has 3 rings (SSSR count). The average molecular weight is 365 g/mol. The van der Waals surface area contributed by atoms with E-state index in [1.54, 1.807) is 35.3 Å². The molecule has 1 amide bonds. The van der Waals surface area contributed by atoms with Gasteiger partial charge in [-0.1, -0.05) is 30.3 Å². The Labute approximate surface area is 157 Å². The van der Waals surface area contributed by atoms with Crippen molar-refractivity contribution < 1.29 is 9.18 Å². The van der Waals surface area contributed by atoms with Crippen LogP contribution in [0.2, 0.25) is 0 Å². The van der Waals surface area contributed by atoms with Crippen molar-refractivity contribution in [2.75, 3.05) is 0 Å². The van der Waals surface area contributed by atoms with Gasteiger partial charge in [-0.05, 0) is 60.5 Å². The Kier molecular flexibility index (Phi) is 5.64. The second-order valence-corrected chi connectivity index (χ2v) is 7.40. The van der Waals surface area contributed by atoms with Crippen LogP contribution >= 0.6 is 11.3 Å². The zero-order valence-electron chi connectivity index (χ0n) is 14.8. The maximum Gasteiger partial charge on any atom is 0.224 e. The summed E-state index contributed by atoms with van der Waals surface area (Å²) < 4.78 is 13.4. The van der Waals surface area contributed by atoms with Gasteiger partial charge >= 0.3 is 0 Å². The number of nitrogens with zero attached hydrogens (tertiary/aromatic N) is 1. The zero-order valence-corrected chi connectivity index (χ0v) is 15.6. The molecule has 3 aromatic rings. The van der Waals surface area contributed by atoms with Crippen LogP contribution in [0.1, 0.15) is 27.8 Å². The highest BCUT2D eigenvalue weighted by Crippen LogP contribution is 2.27. The van der Waals surface area contributed by atoms with Crippen molar-refractivity contribution in [1.82, 2.24) is 4.90 Å². The fourth-order valence-electron chi connectivity index (χ4n) is 2.74. The third-order valence-electron chi connectivity index (χ3n) is 4.03. The van der Waals surface area contributed by atoms with Crippen molar-refractivity contribution in [3.05, 3.63) is 93.4 Å². The maximum atomic E-state index is 13.4. The number of carbonyl (C=O) groups excluding carboxylic acids is 1. The molecule has 0 radical (unpaired) electrons. The van der Waals surface area contributed by atoms with E-state index in [0.717, 1.165) is 21.7 Å². The van der Waals surface area contributed by atoms with Crippen molar-refractivity contribution in [3.63, 3.8) is 0 Å². The predicted octanol–water partition coefficient (Wildman–Crippen LogP) is 5.74. The van der Waals surface area contributed by atoms with Gasteiger partial charge in [0.15, 0.2) is 0 Å². The molecule has 0 aliphatic carbocycles. The molecule has 0 fully saturated rings. The lowest BCUT2D eigenvalue weighted by Crippen LogP contribution is -2.26. The van der Waals surface area contributed by atoms with Crippen LogP contribution in [0.3, 0.4) is 0 Å². The lowest BCUT2D eigenvalue weighted by Gasteiger charge is -2.25. The normalized spacial score (nSPS) is 11.4. The molecule has 0 bridgehead atoms. The van der Waals surface area contributed by atoms with Crippen LogP contribution < -0.4 is 0 Å². The van der Waals surface area contributed by atoms with E-state index in [1.165, 1.54) is 17.0 Å². The van der Waals surface area contributed by atoms with E-state index in [0.29, 0.717) is 6.54 Å². The fourth-order valence-corrected chi connectivity index (χ4v) is 3.55. The minimum Gasteiger partial charge on any atom is -0.308 e. The molecule has 2 aromatic carbocycles. The fraction of sp³-hybridized carbons (Fsp3) is 0.136. The molecule has 132 valence electrons. The molecule has 0 atom stereocenters. The topological polar surface area (TPSA) is 20.3 Å². The van der Waals surface area contributed by atoms with E-state index in [4.69, 9.17) is 0 Å². The van der Waals surface area contributed by atoms with Crippen molar-refractivity contribution in [3.8, 4) is 0 Å². The third-order valence-corrected chi connectivity index (χ3v) is 4.98. The number of hydrogen-bond donors (Lipinski definition) is 0. The molecule has 0 aliphatic heterocycles. The van der Waals surface area contributed by atoms with Crippen molar-refractivity contribution in [1.29, 1.82) is 0 Å². The standard InChI is InChI=1S/C22H20FNOS/c1-16-8-13-21(26-16)14-22(19-9-11-20(23)12-10-19)24(17(2)25)15-18-6-4-3-5-7-18/h3-14H,15H2,1-2H3/b22-14-. The number of hydrogen-bond acceptors (Lipinski definition) is 2. The first kappa shape index (κ1) is 18.1. The number of benzene rings is 2. The maximum absolute atomic E-state index is 13.4. The Morgan fingerprint density at radius 3 is 2.31 bits per heavy atom. The highest BCUT2D eigenvalue weighted by atomic mass is 32.1. The van der Waals surface area contributed by atoms with Crippen LogP contribution in [-0.4, -0.2) is 10.8 Å². The van der Waals surface area contributed by atoms with E-state index >= 15 is 0 Å². The molecule has 0 N–H and O–H groups in total. The van der Waals surface area contributed by atoms with Crippen LogP contribution in [0.25, 0.3) is 11.8 Å². The Bertz CT molecular complexity index is 913.